The number of fused-ring (bicyclic) bond motifs is 1. The molecular weight excluding hydrogens is 313 g/mol. The minimum Gasteiger partial charge on any atom is -0.398 e. The number of aryl methyl sites for hydroxylation is 1. The minimum absolute atomic E-state index is 0.397. The highest BCUT2D eigenvalue weighted by Crippen LogP contribution is 2.32. The maximum absolute atomic E-state index is 13.5. The summed E-state index contributed by atoms with van der Waals surface area (Å²) in [4.78, 5) is 8.81. The van der Waals surface area contributed by atoms with E-state index in [9.17, 15) is 4.39 Å². The molecule has 0 saturated heterocycles. The maximum Gasteiger partial charge on any atom is 0.176 e. The number of anilines is 1. The first kappa shape index (κ1) is 15.1. The average molecular weight is 327 g/mol. The summed E-state index contributed by atoms with van der Waals surface area (Å²) in [6.07, 6.45) is 3.40. The quantitative estimate of drug-likeness (QED) is 0.585. The molecule has 3 nitrogen and oxygen atoms in total. The van der Waals surface area contributed by atoms with Gasteiger partial charge in [0.2, 0.25) is 0 Å². The fraction of sp³-hybridized carbons (Fsp3) is 0.0476. The zero-order chi connectivity index (χ0) is 17.4. The normalized spacial score (nSPS) is 10.6. The smallest absolute Gasteiger partial charge is 0.176 e. The van der Waals surface area contributed by atoms with Crippen molar-refractivity contribution >= 4 is 16.6 Å². The molecule has 25 heavy (non-hydrogen) atoms. The lowest BCUT2D eigenvalue weighted by atomic mass is 9.98. The zero-order valence-electron chi connectivity index (χ0n) is 13.5. The van der Waals surface area contributed by atoms with E-state index in [1.165, 1.54) is 0 Å². The summed E-state index contributed by atoms with van der Waals surface area (Å²) in [5.41, 5.74) is 11.4. The third-order valence-electron chi connectivity index (χ3n) is 4.16. The largest absolute Gasteiger partial charge is 0.398 e. The Morgan fingerprint density at radius 3 is 2.72 bits per heavy atom. The molecule has 0 aliphatic rings. The zero-order valence-corrected chi connectivity index (χ0v) is 13.5. The van der Waals surface area contributed by atoms with Crippen molar-refractivity contribution in [3.63, 3.8) is 0 Å². The van der Waals surface area contributed by atoms with Gasteiger partial charge in [-0.25, -0.2) is 0 Å². The first-order valence-electron chi connectivity index (χ1n) is 7.83. The van der Waals surface area contributed by atoms with Crippen LogP contribution < -0.4 is 5.73 Å². The van der Waals surface area contributed by atoms with Crippen LogP contribution in [0.25, 0.3) is 33.3 Å². The van der Waals surface area contributed by atoms with Crippen LogP contribution in [0.1, 0.15) is 5.56 Å². The van der Waals surface area contributed by atoms with Gasteiger partial charge in [0.15, 0.2) is 5.82 Å². The molecule has 0 saturated carbocycles. The third-order valence-corrected chi connectivity index (χ3v) is 4.16. The first-order chi connectivity index (χ1) is 12.1. The molecule has 4 rings (SSSR count). The van der Waals surface area contributed by atoms with Crippen molar-refractivity contribution in [2.75, 3.05) is 5.73 Å². The number of aromatic nitrogens is 2. The van der Waals surface area contributed by atoms with E-state index >= 15 is 0 Å². The molecule has 2 aromatic heterocycles. The van der Waals surface area contributed by atoms with Crippen molar-refractivity contribution in [1.29, 1.82) is 0 Å². The Morgan fingerprint density at radius 1 is 1.00 bits per heavy atom. The van der Waals surface area contributed by atoms with Crippen molar-refractivity contribution in [3.8, 4) is 22.4 Å². The molecule has 0 aliphatic heterocycles. The summed E-state index contributed by atoms with van der Waals surface area (Å²) in [6.45, 7) is 1.70. The van der Waals surface area contributed by atoms with Gasteiger partial charge in [0.1, 0.15) is 0 Å². The Labute approximate surface area is 145 Å². The summed E-state index contributed by atoms with van der Waals surface area (Å²) in [6, 6.07) is 18.6. The summed E-state index contributed by atoms with van der Waals surface area (Å²) < 4.78 is 13.5. The van der Waals surface area contributed by atoms with Gasteiger partial charge in [-0.05, 0) is 54.4 Å². The van der Waals surface area contributed by atoms with Crippen LogP contribution in [0.4, 0.5) is 10.1 Å². The second-order valence-electron chi connectivity index (χ2n) is 5.84. The fourth-order valence-electron chi connectivity index (χ4n) is 2.85. The van der Waals surface area contributed by atoms with Crippen LogP contribution in [-0.4, -0.2) is 9.97 Å². The molecule has 0 unspecified atom stereocenters. The van der Waals surface area contributed by atoms with Crippen molar-refractivity contribution in [2.45, 2.75) is 6.92 Å². The second-order valence-corrected chi connectivity index (χ2v) is 5.84. The van der Waals surface area contributed by atoms with Gasteiger partial charge < -0.3 is 5.73 Å². The first-order valence-corrected chi connectivity index (χ1v) is 7.83. The molecule has 4 aromatic rings. The summed E-state index contributed by atoms with van der Waals surface area (Å²) >= 11 is 0. The molecule has 2 heterocycles. The van der Waals surface area contributed by atoms with Gasteiger partial charge in [-0.1, -0.05) is 18.2 Å². The molecule has 120 valence electrons. The van der Waals surface area contributed by atoms with Crippen LogP contribution in [0.15, 0.2) is 54.9 Å². The SMILES string of the molecule is Cc1cc(-c2ncccc2-c2ccc3nccc(N)c3c2)c#cc1F. The Balaban J connectivity index is 1.92. The fourth-order valence-corrected chi connectivity index (χ4v) is 2.85. The number of nitrogens with zero attached hydrogens (tertiary/aromatic N) is 2. The van der Waals surface area contributed by atoms with E-state index in [0.29, 0.717) is 16.8 Å². The second kappa shape index (κ2) is 5.88. The van der Waals surface area contributed by atoms with Gasteiger partial charge in [-0.2, -0.15) is 4.39 Å². The lowest BCUT2D eigenvalue weighted by Crippen LogP contribution is -1.92. The summed E-state index contributed by atoms with van der Waals surface area (Å²) in [7, 11) is 0. The number of nitrogen functional groups attached to an aromatic ring is 1. The third kappa shape index (κ3) is 2.66. The highest BCUT2D eigenvalue weighted by Gasteiger charge is 2.11. The van der Waals surface area contributed by atoms with E-state index in [0.717, 1.165) is 27.7 Å². The summed E-state index contributed by atoms with van der Waals surface area (Å²) in [5.74, 6) is -0.397. The van der Waals surface area contributed by atoms with E-state index < -0.39 is 5.82 Å². The Kier molecular flexibility index (Phi) is 3.55. The van der Waals surface area contributed by atoms with Crippen molar-refractivity contribution in [1.82, 2.24) is 9.97 Å². The van der Waals surface area contributed by atoms with Crippen molar-refractivity contribution in [2.24, 2.45) is 0 Å². The molecule has 0 atom stereocenters. The van der Waals surface area contributed by atoms with E-state index in [2.05, 4.69) is 22.1 Å². The minimum atomic E-state index is -0.397. The molecule has 2 aromatic carbocycles. The highest BCUT2D eigenvalue weighted by atomic mass is 19.1. The Bertz CT molecular complexity index is 1090. The molecule has 0 bridgehead atoms. The van der Waals surface area contributed by atoms with Crippen molar-refractivity contribution < 1.29 is 4.39 Å². The van der Waals surface area contributed by atoms with Crippen LogP contribution in [0.2, 0.25) is 0 Å². The molecule has 2 N–H and O–H groups in total. The van der Waals surface area contributed by atoms with E-state index in [-0.39, 0.29) is 0 Å². The van der Waals surface area contributed by atoms with Gasteiger partial charge in [0.05, 0.1) is 16.8 Å². The standard InChI is InChI=1S/C21H14FN3/c1-13-11-15(4-6-18(13)22)21-16(3-2-9-25-21)14-5-7-20-17(12-14)19(23)8-10-24-20/h2-3,5,7-12H,1H3,(H2,23,24). The van der Waals surface area contributed by atoms with Gasteiger partial charge in [-0.3, -0.25) is 9.97 Å². The van der Waals surface area contributed by atoms with E-state index in [1.807, 2.05) is 30.3 Å². The van der Waals surface area contributed by atoms with E-state index in [4.69, 9.17) is 5.73 Å². The number of nitrogens with two attached hydrogens (primary N) is 1. The number of hydrogen-bond donors (Lipinski definition) is 1. The van der Waals surface area contributed by atoms with Crippen LogP contribution in [0.5, 0.6) is 0 Å². The lowest BCUT2D eigenvalue weighted by Gasteiger charge is -2.10. The van der Waals surface area contributed by atoms with E-state index in [1.54, 1.807) is 31.5 Å². The molecule has 0 radical (unpaired) electrons. The van der Waals surface area contributed by atoms with Crippen LogP contribution >= 0.6 is 0 Å². The molecule has 0 aliphatic carbocycles. The highest BCUT2D eigenvalue weighted by molar-refractivity contribution is 5.94. The topological polar surface area (TPSA) is 51.8 Å². The average Bonchev–Trinajstić information content (AvgIpc) is 2.64. The number of rotatable bonds is 2. The Morgan fingerprint density at radius 2 is 1.88 bits per heavy atom. The summed E-state index contributed by atoms with van der Waals surface area (Å²) in [5, 5.41) is 0.889. The molecule has 0 amide bonds. The van der Waals surface area contributed by atoms with Crippen LogP contribution in [-0.2, 0) is 0 Å². The van der Waals surface area contributed by atoms with Crippen molar-refractivity contribution in [3.05, 3.63) is 78.4 Å². The number of benzene rings is 1. The number of halogens is 1. The predicted molar refractivity (Wildman–Crippen MR) is 97.2 cm³/mol. The monoisotopic (exact) mass is 327 g/mol. The lowest BCUT2D eigenvalue weighted by molar-refractivity contribution is 0.619. The number of hydrogen-bond acceptors (Lipinski definition) is 3. The molecule has 0 spiro atoms. The van der Waals surface area contributed by atoms with Gasteiger partial charge >= 0.3 is 0 Å². The van der Waals surface area contributed by atoms with Gasteiger partial charge in [0.25, 0.3) is 0 Å². The Hall–Kier alpha value is -3.45. The maximum atomic E-state index is 13.5. The molecular formula is C21H14FN3. The predicted octanol–water partition coefficient (Wildman–Crippen LogP) is 4.59. The van der Waals surface area contributed by atoms with Crippen LogP contribution in [0.3, 0.4) is 0 Å². The molecule has 4 heteroatoms. The number of pyridine rings is 2. The van der Waals surface area contributed by atoms with Crippen LogP contribution in [0, 0.1) is 24.9 Å². The molecule has 0 fully saturated rings. The van der Waals surface area contributed by atoms with Gasteiger partial charge in [-0.15, -0.1) is 0 Å². The van der Waals surface area contributed by atoms with Gasteiger partial charge in [0, 0.05) is 29.0 Å².